The predicted molar refractivity (Wildman–Crippen MR) is 151 cm³/mol. The Labute approximate surface area is 236 Å². The van der Waals surface area contributed by atoms with Crippen LogP contribution in [0.1, 0.15) is 26.3 Å². The fourth-order valence-electron chi connectivity index (χ4n) is 4.75. The molecule has 10 nitrogen and oxygen atoms in total. The van der Waals surface area contributed by atoms with Gasteiger partial charge in [0.05, 0.1) is 48.2 Å². The molecule has 0 heterocycles. The van der Waals surface area contributed by atoms with Crippen molar-refractivity contribution in [2.75, 3.05) is 42.7 Å². The number of hydrogen-bond acceptors (Lipinski definition) is 9. The van der Waals surface area contributed by atoms with Crippen molar-refractivity contribution >= 4 is 22.7 Å². The van der Waals surface area contributed by atoms with Gasteiger partial charge in [-0.2, -0.15) is 0 Å². The Morgan fingerprint density at radius 1 is 0.683 bits per heavy atom. The first-order valence-electron chi connectivity index (χ1n) is 12.4. The topological polar surface area (TPSA) is 119 Å². The number of hydrogen-bond donors (Lipinski definition) is 1. The zero-order chi connectivity index (χ0) is 29.7. The number of fused-ring (bicyclic) bond motifs is 1. The van der Waals surface area contributed by atoms with Gasteiger partial charge in [-0.05, 0) is 29.3 Å². The van der Waals surface area contributed by atoms with Crippen molar-refractivity contribution < 1.29 is 47.9 Å². The molecule has 4 rings (SSSR count). The molecule has 0 fully saturated rings. The summed E-state index contributed by atoms with van der Waals surface area (Å²) < 4.78 is 39.3. The largest absolute Gasteiger partial charge is 0.493 e. The highest BCUT2D eigenvalue weighted by molar-refractivity contribution is 6.20. The Bertz CT molecular complexity index is 1590. The molecule has 0 aliphatic carbocycles. The van der Waals surface area contributed by atoms with Gasteiger partial charge >= 0.3 is 11.9 Å². The second kappa shape index (κ2) is 12.4. The number of aromatic carboxylic acids is 1. The standard InChI is InChI=1S/C31H30O10/c1-35-20-13-12-18(14-21(20)36-2)23-24-19(15-22(37-3)28(38-4)29(24)39-5)27(41-16-17-10-8-7-9-11-17)26(30(32)33)25(23)31(34)40-6/h7-15H,16H2,1-6H3,(H,32,33). The first-order chi connectivity index (χ1) is 19.8. The Morgan fingerprint density at radius 2 is 1.34 bits per heavy atom. The van der Waals surface area contributed by atoms with Crippen LogP contribution in [0.2, 0.25) is 0 Å². The van der Waals surface area contributed by atoms with Crippen LogP contribution in [0.4, 0.5) is 0 Å². The molecule has 0 radical (unpaired) electrons. The van der Waals surface area contributed by atoms with Gasteiger partial charge < -0.3 is 38.3 Å². The normalized spacial score (nSPS) is 10.6. The SMILES string of the molecule is COC(=O)c1c(C(=O)O)c(OCc2ccccc2)c2cc(OC)c(OC)c(OC)c2c1-c1ccc(OC)c(OC)c1. The molecule has 0 saturated heterocycles. The fourth-order valence-corrected chi connectivity index (χ4v) is 4.75. The first-order valence-corrected chi connectivity index (χ1v) is 12.4. The van der Waals surface area contributed by atoms with Gasteiger partial charge in [0.25, 0.3) is 0 Å². The second-order valence-electron chi connectivity index (χ2n) is 8.66. The molecule has 0 aromatic heterocycles. The van der Waals surface area contributed by atoms with Gasteiger partial charge in [0.15, 0.2) is 23.0 Å². The van der Waals surface area contributed by atoms with Gasteiger partial charge in [-0.25, -0.2) is 9.59 Å². The molecular weight excluding hydrogens is 532 g/mol. The molecule has 41 heavy (non-hydrogen) atoms. The van der Waals surface area contributed by atoms with Gasteiger partial charge in [0.1, 0.15) is 17.9 Å². The van der Waals surface area contributed by atoms with Crippen molar-refractivity contribution in [3.05, 3.63) is 71.3 Å². The summed E-state index contributed by atoms with van der Waals surface area (Å²) in [5, 5.41) is 11.2. The summed E-state index contributed by atoms with van der Waals surface area (Å²) in [4.78, 5) is 26.4. The van der Waals surface area contributed by atoms with E-state index >= 15 is 0 Å². The minimum absolute atomic E-state index is 0.0171. The van der Waals surface area contributed by atoms with E-state index in [0.717, 1.165) is 5.56 Å². The van der Waals surface area contributed by atoms with E-state index in [9.17, 15) is 14.7 Å². The van der Waals surface area contributed by atoms with Crippen LogP contribution >= 0.6 is 0 Å². The summed E-state index contributed by atoms with van der Waals surface area (Å²) in [6.45, 7) is 0.0171. The van der Waals surface area contributed by atoms with E-state index in [4.69, 9.17) is 33.2 Å². The molecule has 4 aromatic rings. The van der Waals surface area contributed by atoms with Crippen LogP contribution in [-0.4, -0.2) is 59.7 Å². The van der Waals surface area contributed by atoms with E-state index in [1.807, 2.05) is 30.3 Å². The van der Waals surface area contributed by atoms with Gasteiger partial charge in [0, 0.05) is 16.3 Å². The molecule has 0 amide bonds. The minimum Gasteiger partial charge on any atom is -0.493 e. The molecule has 0 atom stereocenters. The predicted octanol–water partition coefficient (Wildman–Crippen LogP) is 5.61. The van der Waals surface area contributed by atoms with Crippen molar-refractivity contribution in [3.8, 4) is 45.6 Å². The van der Waals surface area contributed by atoms with E-state index in [0.29, 0.717) is 27.8 Å². The van der Waals surface area contributed by atoms with Gasteiger partial charge in [0.2, 0.25) is 5.75 Å². The molecule has 0 aliphatic rings. The molecule has 0 bridgehead atoms. The highest BCUT2D eigenvalue weighted by Crippen LogP contribution is 2.53. The molecule has 0 aliphatic heterocycles. The molecule has 4 aromatic carbocycles. The average Bonchev–Trinajstić information content (AvgIpc) is 3.01. The number of carboxylic acids is 1. The highest BCUT2D eigenvalue weighted by atomic mass is 16.5. The zero-order valence-corrected chi connectivity index (χ0v) is 23.5. The van der Waals surface area contributed by atoms with Crippen LogP contribution in [0.15, 0.2) is 54.6 Å². The highest BCUT2D eigenvalue weighted by Gasteiger charge is 2.34. The van der Waals surface area contributed by atoms with Crippen molar-refractivity contribution in [1.82, 2.24) is 0 Å². The van der Waals surface area contributed by atoms with E-state index in [1.165, 1.54) is 42.7 Å². The maximum Gasteiger partial charge on any atom is 0.340 e. The van der Waals surface area contributed by atoms with E-state index in [1.54, 1.807) is 24.3 Å². The van der Waals surface area contributed by atoms with Crippen molar-refractivity contribution in [3.63, 3.8) is 0 Å². The number of rotatable bonds is 11. The number of carboxylic acid groups (broad SMARTS) is 1. The maximum atomic E-state index is 13.5. The molecule has 0 unspecified atom stereocenters. The lowest BCUT2D eigenvalue weighted by Gasteiger charge is -2.23. The van der Waals surface area contributed by atoms with Gasteiger partial charge in [-0.3, -0.25) is 0 Å². The number of carbonyl (C=O) groups excluding carboxylic acids is 1. The van der Waals surface area contributed by atoms with Crippen molar-refractivity contribution in [1.29, 1.82) is 0 Å². The lowest BCUT2D eigenvalue weighted by Crippen LogP contribution is -2.16. The molecule has 214 valence electrons. The maximum absolute atomic E-state index is 13.5. The second-order valence-corrected chi connectivity index (χ2v) is 8.66. The van der Waals surface area contributed by atoms with Crippen LogP contribution < -0.4 is 28.4 Å². The van der Waals surface area contributed by atoms with Crippen LogP contribution in [0.25, 0.3) is 21.9 Å². The zero-order valence-electron chi connectivity index (χ0n) is 23.5. The van der Waals surface area contributed by atoms with E-state index in [-0.39, 0.29) is 46.3 Å². The minimum atomic E-state index is -1.40. The summed E-state index contributed by atoms with van der Waals surface area (Å²) in [5.74, 6) is -0.874. The van der Waals surface area contributed by atoms with Crippen molar-refractivity contribution in [2.45, 2.75) is 6.61 Å². The van der Waals surface area contributed by atoms with Crippen LogP contribution in [0.5, 0.6) is 34.5 Å². The summed E-state index contributed by atoms with van der Waals surface area (Å²) >= 11 is 0. The Balaban J connectivity index is 2.25. The summed E-state index contributed by atoms with van der Waals surface area (Å²) in [7, 11) is 8.47. The third-order valence-electron chi connectivity index (χ3n) is 6.55. The molecule has 1 N–H and O–H groups in total. The quantitative estimate of drug-likeness (QED) is 0.231. The van der Waals surface area contributed by atoms with E-state index in [2.05, 4.69) is 0 Å². The number of methoxy groups -OCH3 is 6. The smallest absolute Gasteiger partial charge is 0.340 e. The molecule has 0 spiro atoms. The van der Waals surface area contributed by atoms with E-state index < -0.39 is 11.9 Å². The Kier molecular flexibility index (Phi) is 8.72. The van der Waals surface area contributed by atoms with Gasteiger partial charge in [-0.15, -0.1) is 0 Å². The monoisotopic (exact) mass is 562 g/mol. The van der Waals surface area contributed by atoms with Gasteiger partial charge in [-0.1, -0.05) is 36.4 Å². The fraction of sp³-hybridized carbons (Fsp3) is 0.226. The number of carbonyl (C=O) groups is 2. The molecule has 10 heteroatoms. The summed E-state index contributed by atoms with van der Waals surface area (Å²) in [6, 6.07) is 15.8. The first kappa shape index (κ1) is 28.9. The number of ether oxygens (including phenoxy) is 7. The summed E-state index contributed by atoms with van der Waals surface area (Å²) in [6.07, 6.45) is 0. The average molecular weight is 563 g/mol. The number of benzene rings is 4. The Hall–Kier alpha value is -5.12. The van der Waals surface area contributed by atoms with Crippen LogP contribution in [0, 0.1) is 0 Å². The third kappa shape index (κ3) is 5.23. The molecular formula is C31H30O10. The Morgan fingerprint density at radius 3 is 1.90 bits per heavy atom. The van der Waals surface area contributed by atoms with Crippen LogP contribution in [-0.2, 0) is 11.3 Å². The lowest BCUT2D eigenvalue weighted by molar-refractivity contribution is 0.0581. The lowest BCUT2D eigenvalue weighted by atomic mass is 9.87. The summed E-state index contributed by atoms with van der Waals surface area (Å²) in [5.41, 5.74) is 0.784. The van der Waals surface area contributed by atoms with Crippen molar-refractivity contribution in [2.24, 2.45) is 0 Å². The molecule has 0 saturated carbocycles. The third-order valence-corrected chi connectivity index (χ3v) is 6.55. The number of esters is 1. The van der Waals surface area contributed by atoms with Crippen LogP contribution in [0.3, 0.4) is 0 Å².